The lowest BCUT2D eigenvalue weighted by Gasteiger charge is -2.05. The fourth-order valence-corrected chi connectivity index (χ4v) is 0.930. The average molecular weight is 177 g/mol. The first kappa shape index (κ1) is 9.32. The molecule has 13 heavy (non-hydrogen) atoms. The Kier molecular flexibility index (Phi) is 3.57. The molecule has 0 atom stereocenters. The SMILES string of the molecule is C=CCOc1ccccc1/C=N/O. The van der Waals surface area contributed by atoms with Crippen LogP contribution in [0.5, 0.6) is 5.75 Å². The molecule has 0 aliphatic rings. The van der Waals surface area contributed by atoms with Gasteiger partial charge in [-0.05, 0) is 12.1 Å². The van der Waals surface area contributed by atoms with Gasteiger partial charge in [-0.3, -0.25) is 0 Å². The van der Waals surface area contributed by atoms with E-state index in [1.165, 1.54) is 6.21 Å². The first-order chi connectivity index (χ1) is 6.38. The van der Waals surface area contributed by atoms with Crippen molar-refractivity contribution in [3.05, 3.63) is 42.5 Å². The van der Waals surface area contributed by atoms with Gasteiger partial charge in [0.25, 0.3) is 0 Å². The summed E-state index contributed by atoms with van der Waals surface area (Å²) < 4.78 is 5.32. The molecule has 0 radical (unpaired) electrons. The van der Waals surface area contributed by atoms with Gasteiger partial charge in [-0.15, -0.1) is 0 Å². The minimum absolute atomic E-state index is 0.441. The highest BCUT2D eigenvalue weighted by Crippen LogP contribution is 2.15. The third kappa shape index (κ3) is 2.63. The van der Waals surface area contributed by atoms with Gasteiger partial charge in [0.15, 0.2) is 0 Å². The zero-order valence-electron chi connectivity index (χ0n) is 7.18. The van der Waals surface area contributed by atoms with Crippen LogP contribution in [0.4, 0.5) is 0 Å². The quantitative estimate of drug-likeness (QED) is 0.331. The predicted octanol–water partition coefficient (Wildman–Crippen LogP) is 2.06. The Bertz CT molecular complexity index is 308. The van der Waals surface area contributed by atoms with Crippen molar-refractivity contribution in [2.24, 2.45) is 5.16 Å². The van der Waals surface area contributed by atoms with Crippen molar-refractivity contribution in [2.45, 2.75) is 0 Å². The first-order valence-electron chi connectivity index (χ1n) is 3.88. The summed E-state index contributed by atoms with van der Waals surface area (Å²) in [5.74, 6) is 0.681. The molecule has 0 aliphatic heterocycles. The maximum Gasteiger partial charge on any atom is 0.128 e. The average Bonchev–Trinajstić information content (AvgIpc) is 2.17. The van der Waals surface area contributed by atoms with E-state index in [0.29, 0.717) is 12.4 Å². The zero-order valence-corrected chi connectivity index (χ0v) is 7.18. The molecule has 1 N–H and O–H groups in total. The van der Waals surface area contributed by atoms with Crippen LogP contribution in [0.25, 0.3) is 0 Å². The molecule has 0 unspecified atom stereocenters. The Labute approximate surface area is 77.0 Å². The Balaban J connectivity index is 2.83. The fraction of sp³-hybridized carbons (Fsp3) is 0.100. The minimum atomic E-state index is 0.441. The maximum absolute atomic E-state index is 8.36. The molecule has 0 heterocycles. The molecule has 0 amide bonds. The summed E-state index contributed by atoms with van der Waals surface area (Å²) in [5.41, 5.74) is 0.742. The van der Waals surface area contributed by atoms with Gasteiger partial charge in [-0.2, -0.15) is 0 Å². The van der Waals surface area contributed by atoms with Crippen molar-refractivity contribution < 1.29 is 9.94 Å². The Morgan fingerprint density at radius 3 is 2.92 bits per heavy atom. The van der Waals surface area contributed by atoms with Gasteiger partial charge in [0.2, 0.25) is 0 Å². The van der Waals surface area contributed by atoms with E-state index in [9.17, 15) is 0 Å². The summed E-state index contributed by atoms with van der Waals surface area (Å²) in [6.45, 7) is 3.98. The van der Waals surface area contributed by atoms with E-state index in [-0.39, 0.29) is 0 Å². The molecule has 3 nitrogen and oxygen atoms in total. The lowest BCUT2D eigenvalue weighted by Crippen LogP contribution is -1.96. The molecule has 0 aromatic heterocycles. The number of benzene rings is 1. The van der Waals surface area contributed by atoms with E-state index in [0.717, 1.165) is 5.56 Å². The van der Waals surface area contributed by atoms with Gasteiger partial charge in [0, 0.05) is 5.56 Å². The van der Waals surface area contributed by atoms with Crippen molar-refractivity contribution >= 4 is 6.21 Å². The topological polar surface area (TPSA) is 41.8 Å². The number of ether oxygens (including phenoxy) is 1. The van der Waals surface area contributed by atoms with Gasteiger partial charge >= 0.3 is 0 Å². The van der Waals surface area contributed by atoms with E-state index >= 15 is 0 Å². The van der Waals surface area contributed by atoms with Gasteiger partial charge in [0.05, 0.1) is 6.21 Å². The number of hydrogen-bond acceptors (Lipinski definition) is 3. The zero-order chi connectivity index (χ0) is 9.52. The molecule has 1 rings (SSSR count). The molecule has 68 valence electrons. The summed E-state index contributed by atoms with van der Waals surface area (Å²) in [5, 5.41) is 11.3. The highest BCUT2D eigenvalue weighted by Gasteiger charge is 1.98. The molecule has 0 spiro atoms. The van der Waals surface area contributed by atoms with E-state index < -0.39 is 0 Å². The van der Waals surface area contributed by atoms with Crippen LogP contribution in [0.3, 0.4) is 0 Å². The number of hydrogen-bond donors (Lipinski definition) is 1. The van der Waals surface area contributed by atoms with Crippen molar-refractivity contribution in [1.29, 1.82) is 0 Å². The first-order valence-corrected chi connectivity index (χ1v) is 3.88. The normalized spacial score (nSPS) is 10.2. The van der Waals surface area contributed by atoms with Crippen LogP contribution in [0.1, 0.15) is 5.56 Å². The number of nitrogens with zero attached hydrogens (tertiary/aromatic N) is 1. The van der Waals surface area contributed by atoms with E-state index in [2.05, 4.69) is 11.7 Å². The van der Waals surface area contributed by atoms with Gasteiger partial charge < -0.3 is 9.94 Å². The summed E-state index contributed by atoms with van der Waals surface area (Å²) in [7, 11) is 0. The lowest BCUT2D eigenvalue weighted by molar-refractivity contribution is 0.321. The molecule has 3 heteroatoms. The maximum atomic E-state index is 8.36. The molecular formula is C10H11NO2. The van der Waals surface area contributed by atoms with E-state index in [1.54, 1.807) is 18.2 Å². The highest BCUT2D eigenvalue weighted by molar-refractivity contribution is 5.82. The van der Waals surface area contributed by atoms with Crippen LogP contribution in [0, 0.1) is 0 Å². The van der Waals surface area contributed by atoms with Crippen LogP contribution in [-0.4, -0.2) is 18.0 Å². The Morgan fingerprint density at radius 1 is 1.46 bits per heavy atom. The third-order valence-corrected chi connectivity index (χ3v) is 1.47. The second-order valence-corrected chi connectivity index (χ2v) is 2.38. The van der Waals surface area contributed by atoms with Crippen LogP contribution in [0.2, 0.25) is 0 Å². The summed E-state index contributed by atoms with van der Waals surface area (Å²) in [6, 6.07) is 7.31. The molecule has 1 aromatic carbocycles. The molecule has 0 aliphatic carbocycles. The number of oxime groups is 1. The number of para-hydroxylation sites is 1. The monoisotopic (exact) mass is 177 g/mol. The lowest BCUT2D eigenvalue weighted by atomic mass is 10.2. The second-order valence-electron chi connectivity index (χ2n) is 2.38. The minimum Gasteiger partial charge on any atom is -0.489 e. The van der Waals surface area contributed by atoms with Gasteiger partial charge in [0.1, 0.15) is 12.4 Å². The van der Waals surface area contributed by atoms with Crippen molar-refractivity contribution in [2.75, 3.05) is 6.61 Å². The molecule has 0 fully saturated rings. The molecular weight excluding hydrogens is 166 g/mol. The van der Waals surface area contributed by atoms with Crippen molar-refractivity contribution in [3.63, 3.8) is 0 Å². The second kappa shape index (κ2) is 4.98. The van der Waals surface area contributed by atoms with E-state index in [1.807, 2.05) is 12.1 Å². The summed E-state index contributed by atoms with van der Waals surface area (Å²) in [4.78, 5) is 0. The van der Waals surface area contributed by atoms with Crippen molar-refractivity contribution in [1.82, 2.24) is 0 Å². The Hall–Kier alpha value is -1.77. The van der Waals surface area contributed by atoms with Crippen LogP contribution in [-0.2, 0) is 0 Å². The van der Waals surface area contributed by atoms with Crippen LogP contribution >= 0.6 is 0 Å². The molecule has 1 aromatic rings. The van der Waals surface area contributed by atoms with Crippen LogP contribution < -0.4 is 4.74 Å². The highest BCUT2D eigenvalue weighted by atomic mass is 16.5. The molecule has 0 saturated carbocycles. The standard InChI is InChI=1S/C10H11NO2/c1-2-7-13-10-6-4-3-5-9(10)8-11-12/h2-6,8,12H,1,7H2/b11-8+. The summed E-state index contributed by atoms with van der Waals surface area (Å²) >= 11 is 0. The third-order valence-electron chi connectivity index (χ3n) is 1.47. The van der Waals surface area contributed by atoms with E-state index in [4.69, 9.17) is 9.94 Å². The smallest absolute Gasteiger partial charge is 0.128 e. The van der Waals surface area contributed by atoms with Gasteiger partial charge in [-0.1, -0.05) is 29.9 Å². The summed E-state index contributed by atoms with van der Waals surface area (Å²) in [6.07, 6.45) is 2.99. The van der Waals surface area contributed by atoms with Crippen molar-refractivity contribution in [3.8, 4) is 5.75 Å². The van der Waals surface area contributed by atoms with Gasteiger partial charge in [-0.25, -0.2) is 0 Å². The largest absolute Gasteiger partial charge is 0.489 e. The molecule has 0 bridgehead atoms. The Morgan fingerprint density at radius 2 is 2.23 bits per heavy atom. The predicted molar refractivity (Wildman–Crippen MR) is 51.5 cm³/mol. The number of rotatable bonds is 4. The molecule has 0 saturated heterocycles. The van der Waals surface area contributed by atoms with Crippen LogP contribution in [0.15, 0.2) is 42.1 Å². The fourth-order valence-electron chi connectivity index (χ4n) is 0.930.